The quantitative estimate of drug-likeness (QED) is 0.313. The zero-order chi connectivity index (χ0) is 19.7. The average Bonchev–Trinajstić information content (AvgIpc) is 2.67. The lowest BCUT2D eigenvalue weighted by molar-refractivity contribution is 0.0505. The second-order valence-corrected chi connectivity index (χ2v) is 10.0. The topological polar surface area (TPSA) is 61.8 Å². The summed E-state index contributed by atoms with van der Waals surface area (Å²) in [6.45, 7) is 0.721. The highest BCUT2D eigenvalue weighted by Crippen LogP contribution is 2.60. The van der Waals surface area contributed by atoms with Crippen molar-refractivity contribution in [1.29, 1.82) is 0 Å². The van der Waals surface area contributed by atoms with Crippen LogP contribution >= 0.6 is 29.8 Å². The third-order valence-electron chi connectivity index (χ3n) is 3.24. The normalized spacial score (nSPS) is 12.9. The summed E-state index contributed by atoms with van der Waals surface area (Å²) in [4.78, 5) is 11.9. The first-order valence-electron chi connectivity index (χ1n) is 8.63. The number of carbonyl (C=O) groups is 1. The SMILES string of the molecule is CCCOC(=O)c1ccc(O[P@@](=O)(Oc2ccccc2Cl)SCCC)cc1. The predicted molar refractivity (Wildman–Crippen MR) is 110 cm³/mol. The van der Waals surface area contributed by atoms with Gasteiger partial charge in [-0.15, -0.1) is 0 Å². The lowest BCUT2D eigenvalue weighted by atomic mass is 10.2. The molecule has 0 amide bonds. The van der Waals surface area contributed by atoms with Crippen molar-refractivity contribution in [2.24, 2.45) is 0 Å². The minimum absolute atomic E-state index is 0.297. The van der Waals surface area contributed by atoms with E-state index in [0.717, 1.165) is 24.2 Å². The maximum Gasteiger partial charge on any atom is 0.492 e. The number of esters is 1. The third kappa shape index (κ3) is 6.80. The van der Waals surface area contributed by atoms with Crippen molar-refractivity contribution in [1.82, 2.24) is 0 Å². The highest BCUT2D eigenvalue weighted by Gasteiger charge is 2.30. The summed E-state index contributed by atoms with van der Waals surface area (Å²) in [5.41, 5.74) is 0.402. The van der Waals surface area contributed by atoms with E-state index in [4.69, 9.17) is 25.4 Å². The minimum atomic E-state index is -3.55. The Bertz CT molecular complexity index is 797. The van der Waals surface area contributed by atoms with E-state index < -0.39 is 12.8 Å². The molecule has 0 spiro atoms. The van der Waals surface area contributed by atoms with Crippen molar-refractivity contribution in [3.05, 3.63) is 59.1 Å². The molecule has 0 aromatic heterocycles. The lowest BCUT2D eigenvalue weighted by Gasteiger charge is -2.19. The molecule has 2 rings (SSSR count). The standard InChI is InChI=1S/C19H22ClO5PS/c1-3-13-23-19(21)15-9-11-16(12-10-15)24-26(22,27-14-4-2)25-18-8-6-5-7-17(18)20/h5-12H,3-4,13-14H2,1-2H3/t26-/m0/s1. The van der Waals surface area contributed by atoms with Crippen LogP contribution in [0.1, 0.15) is 37.0 Å². The Morgan fingerprint density at radius 3 is 2.37 bits per heavy atom. The molecule has 0 unspecified atom stereocenters. The number of para-hydroxylation sites is 1. The van der Waals surface area contributed by atoms with Crippen molar-refractivity contribution < 1.29 is 23.1 Å². The highest BCUT2D eigenvalue weighted by atomic mass is 35.5. The van der Waals surface area contributed by atoms with Gasteiger partial charge in [0.25, 0.3) is 0 Å². The van der Waals surface area contributed by atoms with Crippen LogP contribution in [0.2, 0.25) is 5.02 Å². The van der Waals surface area contributed by atoms with Gasteiger partial charge in [0.15, 0.2) is 0 Å². The van der Waals surface area contributed by atoms with E-state index in [1.54, 1.807) is 48.5 Å². The van der Waals surface area contributed by atoms with Gasteiger partial charge in [-0.1, -0.05) is 37.6 Å². The monoisotopic (exact) mass is 428 g/mol. The Hall–Kier alpha value is -1.62. The lowest BCUT2D eigenvalue weighted by Crippen LogP contribution is -2.05. The molecular formula is C19H22ClO5PS. The Labute approximate surface area is 168 Å². The second kappa shape index (κ2) is 10.6. The van der Waals surface area contributed by atoms with E-state index in [1.807, 2.05) is 13.8 Å². The largest absolute Gasteiger partial charge is 0.492 e. The summed E-state index contributed by atoms with van der Waals surface area (Å²) in [5.74, 6) is 0.828. The van der Waals surface area contributed by atoms with Gasteiger partial charge in [0.05, 0.1) is 17.2 Å². The molecule has 0 fully saturated rings. The molecule has 0 heterocycles. The highest BCUT2D eigenvalue weighted by molar-refractivity contribution is 8.55. The molecule has 0 saturated heterocycles. The van der Waals surface area contributed by atoms with Crippen LogP contribution in [0.25, 0.3) is 0 Å². The Morgan fingerprint density at radius 1 is 1.04 bits per heavy atom. The number of hydrogen-bond donors (Lipinski definition) is 0. The zero-order valence-corrected chi connectivity index (χ0v) is 17.7. The van der Waals surface area contributed by atoms with Gasteiger partial charge in [-0.25, -0.2) is 9.36 Å². The van der Waals surface area contributed by atoms with Crippen LogP contribution in [0.15, 0.2) is 48.5 Å². The average molecular weight is 429 g/mol. The van der Waals surface area contributed by atoms with E-state index in [2.05, 4.69) is 0 Å². The van der Waals surface area contributed by atoms with Gasteiger partial charge in [-0.05, 0) is 60.6 Å². The number of benzene rings is 2. The van der Waals surface area contributed by atoms with Crippen LogP contribution in [0.5, 0.6) is 11.5 Å². The molecule has 1 atom stereocenters. The first-order valence-corrected chi connectivity index (χ1v) is 12.1. The molecule has 0 aliphatic rings. The van der Waals surface area contributed by atoms with E-state index in [9.17, 15) is 9.36 Å². The van der Waals surface area contributed by atoms with Gasteiger partial charge in [0.2, 0.25) is 0 Å². The molecule has 0 bridgehead atoms. The molecule has 0 N–H and O–H groups in total. The van der Waals surface area contributed by atoms with Crippen LogP contribution in [0.3, 0.4) is 0 Å². The first-order chi connectivity index (χ1) is 13.0. The zero-order valence-electron chi connectivity index (χ0n) is 15.2. The van der Waals surface area contributed by atoms with Crippen LogP contribution in [0.4, 0.5) is 0 Å². The number of carbonyl (C=O) groups excluding carboxylic acids is 1. The van der Waals surface area contributed by atoms with Gasteiger partial charge in [0, 0.05) is 5.75 Å². The van der Waals surface area contributed by atoms with Crippen molar-refractivity contribution in [3.63, 3.8) is 0 Å². The predicted octanol–water partition coefficient (Wildman–Crippen LogP) is 6.62. The Kier molecular flexibility index (Phi) is 8.55. The fraction of sp³-hybridized carbons (Fsp3) is 0.316. The fourth-order valence-electron chi connectivity index (χ4n) is 1.97. The van der Waals surface area contributed by atoms with Gasteiger partial charge >= 0.3 is 12.8 Å². The van der Waals surface area contributed by atoms with Crippen LogP contribution in [-0.2, 0) is 9.30 Å². The molecule has 0 aliphatic heterocycles. The maximum atomic E-state index is 13.2. The minimum Gasteiger partial charge on any atom is -0.462 e. The van der Waals surface area contributed by atoms with Crippen LogP contribution in [-0.4, -0.2) is 18.3 Å². The third-order valence-corrected chi connectivity index (χ3v) is 7.26. The molecule has 0 radical (unpaired) electrons. The van der Waals surface area contributed by atoms with Crippen molar-refractivity contribution in [2.45, 2.75) is 26.7 Å². The van der Waals surface area contributed by atoms with Gasteiger partial charge < -0.3 is 13.8 Å². The Morgan fingerprint density at radius 2 is 1.74 bits per heavy atom. The van der Waals surface area contributed by atoms with Gasteiger partial charge in [-0.2, -0.15) is 0 Å². The van der Waals surface area contributed by atoms with Crippen molar-refractivity contribution in [2.75, 3.05) is 12.4 Å². The summed E-state index contributed by atoms with van der Waals surface area (Å²) in [6, 6.07) is 13.1. The smallest absolute Gasteiger partial charge is 0.462 e. The number of halogens is 1. The summed E-state index contributed by atoms with van der Waals surface area (Å²) in [6.07, 6.45) is 1.57. The fourth-order valence-corrected chi connectivity index (χ4v) is 5.56. The molecule has 146 valence electrons. The molecule has 8 heteroatoms. The number of rotatable bonds is 10. The molecule has 2 aromatic rings. The number of hydrogen-bond acceptors (Lipinski definition) is 6. The molecular weight excluding hydrogens is 407 g/mol. The molecule has 0 saturated carbocycles. The van der Waals surface area contributed by atoms with Crippen molar-refractivity contribution in [3.8, 4) is 11.5 Å². The summed E-state index contributed by atoms with van der Waals surface area (Å²) in [7, 11) is 0. The number of ether oxygens (including phenoxy) is 1. The summed E-state index contributed by atoms with van der Waals surface area (Å²) >= 11 is 7.21. The van der Waals surface area contributed by atoms with E-state index in [1.165, 1.54) is 0 Å². The van der Waals surface area contributed by atoms with E-state index >= 15 is 0 Å². The van der Waals surface area contributed by atoms with Crippen LogP contribution < -0.4 is 9.05 Å². The Balaban J connectivity index is 2.14. The van der Waals surface area contributed by atoms with Gasteiger partial charge in [-0.3, -0.25) is 0 Å². The summed E-state index contributed by atoms with van der Waals surface area (Å²) < 4.78 is 29.6. The molecule has 2 aromatic carbocycles. The first kappa shape index (κ1) is 21.7. The molecule has 0 aliphatic carbocycles. The van der Waals surface area contributed by atoms with Gasteiger partial charge in [0.1, 0.15) is 11.5 Å². The van der Waals surface area contributed by atoms with E-state index in [0.29, 0.717) is 34.4 Å². The maximum absolute atomic E-state index is 13.2. The summed E-state index contributed by atoms with van der Waals surface area (Å²) in [5, 5.41) is 0.354. The molecule has 27 heavy (non-hydrogen) atoms. The van der Waals surface area contributed by atoms with Crippen LogP contribution in [0, 0.1) is 0 Å². The van der Waals surface area contributed by atoms with Crippen molar-refractivity contribution >= 4 is 35.7 Å². The molecule has 5 nitrogen and oxygen atoms in total. The van der Waals surface area contributed by atoms with E-state index in [-0.39, 0.29) is 0 Å². The second-order valence-electron chi connectivity index (χ2n) is 5.55.